The Morgan fingerprint density at radius 1 is 1.07 bits per heavy atom. The van der Waals surface area contributed by atoms with Crippen molar-refractivity contribution in [3.05, 3.63) is 34.9 Å². The number of carbonyl (C=O) groups excluding carboxylic acids is 2. The fraction of sp³-hybridized carbons (Fsp3) is 0.600. The molecule has 0 aliphatic carbocycles. The molecule has 148 valence electrons. The van der Waals surface area contributed by atoms with Crippen molar-refractivity contribution >= 4 is 23.4 Å². The van der Waals surface area contributed by atoms with Gasteiger partial charge in [-0.1, -0.05) is 23.7 Å². The number of halogens is 1. The lowest BCUT2D eigenvalue weighted by molar-refractivity contribution is -0.127. The smallest absolute Gasteiger partial charge is 0.231 e. The topological polar surface area (TPSA) is 78.7 Å². The SMILES string of the molecule is NC(=O)CN1CCC(C(=O)NC2CCCN(Cc3ccc(Cl)cc3)C2)CC1. The number of nitrogens with one attached hydrogen (secondary N) is 1. The highest BCUT2D eigenvalue weighted by Gasteiger charge is 2.28. The number of piperidine rings is 2. The first-order valence-electron chi connectivity index (χ1n) is 9.77. The zero-order valence-corrected chi connectivity index (χ0v) is 16.5. The van der Waals surface area contributed by atoms with E-state index < -0.39 is 0 Å². The molecular weight excluding hydrogens is 364 g/mol. The molecule has 1 aromatic rings. The molecule has 7 heteroatoms. The van der Waals surface area contributed by atoms with Crippen molar-refractivity contribution < 1.29 is 9.59 Å². The monoisotopic (exact) mass is 392 g/mol. The first-order chi connectivity index (χ1) is 13.0. The molecule has 2 heterocycles. The van der Waals surface area contributed by atoms with Crippen molar-refractivity contribution in [2.45, 2.75) is 38.3 Å². The Kier molecular flexibility index (Phi) is 7.10. The quantitative estimate of drug-likeness (QED) is 0.771. The Balaban J connectivity index is 1.44. The predicted octanol–water partition coefficient (Wildman–Crippen LogP) is 1.62. The molecular formula is C20H29ClN4O2. The summed E-state index contributed by atoms with van der Waals surface area (Å²) in [5, 5.41) is 4.01. The molecule has 3 N–H and O–H groups in total. The van der Waals surface area contributed by atoms with Gasteiger partial charge < -0.3 is 11.1 Å². The molecule has 2 saturated heterocycles. The molecule has 0 bridgehead atoms. The van der Waals surface area contributed by atoms with Crippen molar-refractivity contribution in [1.29, 1.82) is 0 Å². The van der Waals surface area contributed by atoms with Crippen molar-refractivity contribution in [1.82, 2.24) is 15.1 Å². The fourth-order valence-electron chi connectivity index (χ4n) is 4.06. The molecule has 2 amide bonds. The molecule has 0 radical (unpaired) electrons. The Morgan fingerprint density at radius 2 is 1.78 bits per heavy atom. The number of primary amides is 1. The first-order valence-corrected chi connectivity index (χ1v) is 10.2. The van der Waals surface area contributed by atoms with Gasteiger partial charge in [0.1, 0.15) is 0 Å². The highest BCUT2D eigenvalue weighted by atomic mass is 35.5. The summed E-state index contributed by atoms with van der Waals surface area (Å²) in [5.74, 6) is -0.103. The van der Waals surface area contributed by atoms with Crippen LogP contribution in [0.4, 0.5) is 0 Å². The van der Waals surface area contributed by atoms with Gasteiger partial charge in [-0.25, -0.2) is 0 Å². The number of nitrogens with zero attached hydrogens (tertiary/aromatic N) is 2. The number of hydrogen-bond donors (Lipinski definition) is 2. The lowest BCUT2D eigenvalue weighted by atomic mass is 9.94. The summed E-state index contributed by atoms with van der Waals surface area (Å²) >= 11 is 5.96. The van der Waals surface area contributed by atoms with Crippen LogP contribution in [0.2, 0.25) is 5.02 Å². The minimum atomic E-state index is -0.305. The Labute approximate surface area is 166 Å². The third kappa shape index (κ3) is 6.19. The molecule has 3 rings (SSSR count). The van der Waals surface area contributed by atoms with Crippen molar-refractivity contribution in [3.63, 3.8) is 0 Å². The standard InChI is InChI=1S/C20H29ClN4O2/c21-17-5-3-15(4-6-17)12-25-9-1-2-18(13-25)23-20(27)16-7-10-24(11-8-16)14-19(22)26/h3-6,16,18H,1-2,7-14H2,(H2,22,26)(H,23,27). The first kappa shape index (κ1) is 20.1. The van der Waals surface area contributed by atoms with E-state index in [2.05, 4.69) is 22.3 Å². The number of likely N-dealkylation sites (tertiary alicyclic amines) is 2. The van der Waals surface area contributed by atoms with Crippen molar-refractivity contribution in [3.8, 4) is 0 Å². The van der Waals surface area contributed by atoms with Crippen LogP contribution in [-0.4, -0.2) is 60.4 Å². The van der Waals surface area contributed by atoms with Gasteiger partial charge >= 0.3 is 0 Å². The minimum absolute atomic E-state index is 0.0424. The zero-order chi connectivity index (χ0) is 19.2. The summed E-state index contributed by atoms with van der Waals surface area (Å²) in [5.41, 5.74) is 6.49. The second-order valence-corrected chi connectivity index (χ2v) is 8.16. The van der Waals surface area contributed by atoms with Gasteiger partial charge in [0.2, 0.25) is 11.8 Å². The van der Waals surface area contributed by atoms with E-state index >= 15 is 0 Å². The molecule has 2 aliphatic heterocycles. The number of hydrogen-bond acceptors (Lipinski definition) is 4. The van der Waals surface area contributed by atoms with Crippen molar-refractivity contribution in [2.24, 2.45) is 11.7 Å². The molecule has 1 unspecified atom stereocenters. The van der Waals surface area contributed by atoms with Gasteiger partial charge in [0, 0.05) is 30.1 Å². The maximum Gasteiger partial charge on any atom is 0.231 e. The Hall–Kier alpha value is -1.63. The van der Waals surface area contributed by atoms with Gasteiger partial charge in [-0.15, -0.1) is 0 Å². The largest absolute Gasteiger partial charge is 0.369 e. The van der Waals surface area contributed by atoms with Gasteiger partial charge in [0.25, 0.3) is 0 Å². The fourth-order valence-corrected chi connectivity index (χ4v) is 4.18. The van der Waals surface area contributed by atoms with Crippen LogP contribution in [0.25, 0.3) is 0 Å². The van der Waals surface area contributed by atoms with E-state index in [0.29, 0.717) is 0 Å². The molecule has 0 aromatic heterocycles. The van der Waals surface area contributed by atoms with Gasteiger partial charge in [0.15, 0.2) is 0 Å². The molecule has 27 heavy (non-hydrogen) atoms. The van der Waals surface area contributed by atoms with Crippen LogP contribution >= 0.6 is 11.6 Å². The zero-order valence-electron chi connectivity index (χ0n) is 15.7. The van der Waals surface area contributed by atoms with Gasteiger partial charge in [-0.2, -0.15) is 0 Å². The summed E-state index contributed by atoms with van der Waals surface area (Å²) < 4.78 is 0. The van der Waals surface area contributed by atoms with E-state index in [4.69, 9.17) is 17.3 Å². The maximum atomic E-state index is 12.6. The van der Waals surface area contributed by atoms with E-state index in [1.165, 1.54) is 5.56 Å². The van der Waals surface area contributed by atoms with Gasteiger partial charge in [-0.05, 0) is 63.0 Å². The minimum Gasteiger partial charge on any atom is -0.369 e. The molecule has 0 spiro atoms. The Morgan fingerprint density at radius 3 is 2.44 bits per heavy atom. The predicted molar refractivity (Wildman–Crippen MR) is 106 cm³/mol. The second kappa shape index (κ2) is 9.53. The highest BCUT2D eigenvalue weighted by Crippen LogP contribution is 2.19. The second-order valence-electron chi connectivity index (χ2n) is 7.73. The average Bonchev–Trinajstić information content (AvgIpc) is 2.64. The number of rotatable bonds is 6. The Bertz CT molecular complexity index is 644. The van der Waals surface area contributed by atoms with Crippen LogP contribution in [0.15, 0.2) is 24.3 Å². The van der Waals surface area contributed by atoms with Crippen LogP contribution in [-0.2, 0) is 16.1 Å². The summed E-state index contributed by atoms with van der Waals surface area (Å²) in [7, 11) is 0. The van der Waals surface area contributed by atoms with Gasteiger partial charge in [-0.3, -0.25) is 19.4 Å². The van der Waals surface area contributed by atoms with E-state index in [0.717, 1.165) is 63.4 Å². The number of carbonyl (C=O) groups is 2. The summed E-state index contributed by atoms with van der Waals surface area (Å²) in [6.07, 6.45) is 3.71. The molecule has 6 nitrogen and oxygen atoms in total. The van der Waals surface area contributed by atoms with Crippen LogP contribution in [0, 0.1) is 5.92 Å². The number of benzene rings is 1. The summed E-state index contributed by atoms with van der Waals surface area (Å²) in [4.78, 5) is 28.1. The average molecular weight is 393 g/mol. The summed E-state index contributed by atoms with van der Waals surface area (Å²) in [6.45, 7) is 4.63. The van der Waals surface area contributed by atoms with Crippen LogP contribution in [0.3, 0.4) is 0 Å². The lowest BCUT2D eigenvalue weighted by Crippen LogP contribution is -2.50. The third-order valence-electron chi connectivity index (χ3n) is 5.51. The normalized spacial score (nSPS) is 22.5. The van der Waals surface area contributed by atoms with E-state index in [1.54, 1.807) is 0 Å². The summed E-state index contributed by atoms with van der Waals surface area (Å²) in [6, 6.07) is 8.17. The molecule has 1 aromatic carbocycles. The number of amides is 2. The van der Waals surface area contributed by atoms with Crippen LogP contribution in [0.1, 0.15) is 31.2 Å². The number of nitrogens with two attached hydrogens (primary N) is 1. The van der Waals surface area contributed by atoms with Crippen molar-refractivity contribution in [2.75, 3.05) is 32.7 Å². The molecule has 2 fully saturated rings. The van der Waals surface area contributed by atoms with Crippen LogP contribution in [0.5, 0.6) is 0 Å². The van der Waals surface area contributed by atoms with E-state index in [9.17, 15) is 9.59 Å². The van der Waals surface area contributed by atoms with Crippen LogP contribution < -0.4 is 11.1 Å². The van der Waals surface area contributed by atoms with E-state index in [-0.39, 0.29) is 30.3 Å². The third-order valence-corrected chi connectivity index (χ3v) is 5.76. The van der Waals surface area contributed by atoms with Gasteiger partial charge in [0.05, 0.1) is 6.54 Å². The maximum absolute atomic E-state index is 12.6. The molecule has 1 atom stereocenters. The molecule has 2 aliphatic rings. The van der Waals surface area contributed by atoms with E-state index in [1.807, 2.05) is 17.0 Å². The lowest BCUT2D eigenvalue weighted by Gasteiger charge is -2.35. The molecule has 0 saturated carbocycles. The highest BCUT2D eigenvalue weighted by molar-refractivity contribution is 6.30.